The standard InChI is InChI=1S/C26H31F4N5O3/c1-15-11-20(36)23-22(15)24(32-14-31-23)34-7-9-35(10-8-34)25(37)18(13-33(2)17-4-5-17)16-3-6-21(19(27)12-16)38-26(28,29)30/h3,6,12,14-15,17-18,20,36H,4-5,7-11,13H2,1-2H3/t15-,18-,20+/m1/s1. The second-order valence-electron chi connectivity index (χ2n) is 10.4. The number of rotatable bonds is 7. The zero-order valence-electron chi connectivity index (χ0n) is 21.3. The van der Waals surface area contributed by atoms with Crippen molar-refractivity contribution in [3.05, 3.63) is 47.2 Å². The van der Waals surface area contributed by atoms with Gasteiger partial charge in [0.25, 0.3) is 0 Å². The van der Waals surface area contributed by atoms with Crippen molar-refractivity contribution >= 4 is 11.7 Å². The van der Waals surface area contributed by atoms with E-state index >= 15 is 0 Å². The van der Waals surface area contributed by atoms with Crippen LogP contribution in [0.25, 0.3) is 0 Å². The number of nitrogens with zero attached hydrogens (tertiary/aromatic N) is 5. The number of carbonyl (C=O) groups excluding carboxylic acids is 1. The van der Waals surface area contributed by atoms with Gasteiger partial charge in [-0.2, -0.15) is 0 Å². The van der Waals surface area contributed by atoms with Gasteiger partial charge in [-0.15, -0.1) is 13.2 Å². The Morgan fingerprint density at radius 3 is 2.55 bits per heavy atom. The van der Waals surface area contributed by atoms with Crippen molar-refractivity contribution in [1.82, 2.24) is 19.8 Å². The first-order valence-electron chi connectivity index (χ1n) is 12.8. The molecule has 0 bridgehead atoms. The summed E-state index contributed by atoms with van der Waals surface area (Å²) in [5, 5.41) is 10.3. The molecule has 0 radical (unpaired) electrons. The number of hydrogen-bond donors (Lipinski definition) is 1. The number of fused-ring (bicyclic) bond motifs is 1. The smallest absolute Gasteiger partial charge is 0.403 e. The Bertz CT molecular complexity index is 1180. The van der Waals surface area contributed by atoms with Crippen LogP contribution in [-0.2, 0) is 4.79 Å². The molecule has 206 valence electrons. The number of anilines is 1. The monoisotopic (exact) mass is 537 g/mol. The number of piperazine rings is 1. The lowest BCUT2D eigenvalue weighted by atomic mass is 9.96. The van der Waals surface area contributed by atoms with E-state index in [2.05, 4.69) is 19.6 Å². The minimum Gasteiger partial charge on any atom is -0.403 e. The van der Waals surface area contributed by atoms with E-state index < -0.39 is 30.0 Å². The molecule has 1 aliphatic heterocycles. The Kier molecular flexibility index (Phi) is 7.21. The molecule has 38 heavy (non-hydrogen) atoms. The molecule has 8 nitrogen and oxygen atoms in total. The minimum atomic E-state index is -5.01. The van der Waals surface area contributed by atoms with E-state index in [9.17, 15) is 27.5 Å². The number of aliphatic hydroxyl groups is 1. The van der Waals surface area contributed by atoms with Crippen LogP contribution in [0.15, 0.2) is 24.5 Å². The van der Waals surface area contributed by atoms with Crippen LogP contribution in [0.2, 0.25) is 0 Å². The molecule has 2 fully saturated rings. The highest BCUT2D eigenvalue weighted by Crippen LogP contribution is 2.43. The van der Waals surface area contributed by atoms with E-state index in [0.717, 1.165) is 36.4 Å². The lowest BCUT2D eigenvalue weighted by molar-refractivity contribution is -0.275. The number of likely N-dealkylation sites (N-methyl/N-ethyl adjacent to an activating group) is 1. The fraction of sp³-hybridized carbons (Fsp3) is 0.577. The molecule has 1 aromatic carbocycles. The Morgan fingerprint density at radius 2 is 1.92 bits per heavy atom. The summed E-state index contributed by atoms with van der Waals surface area (Å²) in [4.78, 5) is 28.3. The van der Waals surface area contributed by atoms with Crippen LogP contribution < -0.4 is 9.64 Å². The van der Waals surface area contributed by atoms with Gasteiger partial charge >= 0.3 is 6.36 Å². The lowest BCUT2D eigenvalue weighted by Crippen LogP contribution is -2.51. The molecule has 2 aromatic rings. The summed E-state index contributed by atoms with van der Waals surface area (Å²) in [7, 11) is 1.90. The highest BCUT2D eigenvalue weighted by atomic mass is 19.4. The summed E-state index contributed by atoms with van der Waals surface area (Å²) in [5.74, 6) is -2.12. The van der Waals surface area contributed by atoms with Gasteiger partial charge in [0, 0.05) is 44.3 Å². The molecule has 0 unspecified atom stereocenters. The van der Waals surface area contributed by atoms with Crippen LogP contribution in [0.4, 0.5) is 23.4 Å². The molecule has 1 aromatic heterocycles. The Hall–Kier alpha value is -2.99. The highest BCUT2D eigenvalue weighted by molar-refractivity contribution is 5.84. The van der Waals surface area contributed by atoms with Gasteiger partial charge in [0.15, 0.2) is 11.6 Å². The van der Waals surface area contributed by atoms with E-state index in [4.69, 9.17) is 0 Å². The maximum atomic E-state index is 14.6. The largest absolute Gasteiger partial charge is 0.573 e. The molecule has 1 saturated heterocycles. The van der Waals surface area contributed by atoms with Crippen LogP contribution in [-0.4, -0.2) is 83.0 Å². The average molecular weight is 538 g/mol. The highest BCUT2D eigenvalue weighted by Gasteiger charge is 2.37. The second kappa shape index (κ2) is 10.3. The van der Waals surface area contributed by atoms with Crippen LogP contribution in [0.1, 0.15) is 60.9 Å². The molecule has 1 saturated carbocycles. The van der Waals surface area contributed by atoms with Crippen molar-refractivity contribution in [1.29, 1.82) is 0 Å². The number of aliphatic hydroxyl groups excluding tert-OH is 1. The summed E-state index contributed by atoms with van der Waals surface area (Å²) in [5.41, 5.74) is 1.91. The third-order valence-electron chi connectivity index (χ3n) is 7.69. The first-order chi connectivity index (χ1) is 18.0. The van der Waals surface area contributed by atoms with Gasteiger partial charge in [-0.05, 0) is 49.9 Å². The van der Waals surface area contributed by atoms with E-state index in [1.54, 1.807) is 4.90 Å². The molecule has 1 amide bonds. The molecule has 2 aliphatic carbocycles. The zero-order chi connectivity index (χ0) is 27.2. The SMILES string of the molecule is C[C@@H]1C[C@H](O)c2ncnc(N3CCN(C(=O)[C@H](CN(C)C4CC4)c4ccc(OC(F)(F)F)c(F)c4)CC3)c21. The van der Waals surface area contributed by atoms with Crippen molar-refractivity contribution in [3.8, 4) is 5.75 Å². The number of alkyl halides is 3. The van der Waals surface area contributed by atoms with Crippen molar-refractivity contribution in [2.24, 2.45) is 0 Å². The Morgan fingerprint density at radius 1 is 1.21 bits per heavy atom. The van der Waals surface area contributed by atoms with Gasteiger partial charge in [0.2, 0.25) is 5.91 Å². The third-order valence-corrected chi connectivity index (χ3v) is 7.69. The van der Waals surface area contributed by atoms with Crippen molar-refractivity contribution < 1.29 is 32.2 Å². The van der Waals surface area contributed by atoms with Crippen molar-refractivity contribution in [2.75, 3.05) is 44.7 Å². The molecule has 12 heteroatoms. The van der Waals surface area contributed by atoms with E-state index in [0.29, 0.717) is 56.4 Å². The van der Waals surface area contributed by atoms with Crippen molar-refractivity contribution in [2.45, 2.75) is 56.5 Å². The molecule has 3 atom stereocenters. The molecule has 1 N–H and O–H groups in total. The third kappa shape index (κ3) is 5.56. The quantitative estimate of drug-likeness (QED) is 0.541. The normalized spacial score (nSPS) is 22.5. The van der Waals surface area contributed by atoms with Gasteiger partial charge in [0.05, 0.1) is 17.7 Å². The fourth-order valence-electron chi connectivity index (χ4n) is 5.53. The number of amides is 1. The van der Waals surface area contributed by atoms with Gasteiger partial charge in [-0.3, -0.25) is 4.79 Å². The summed E-state index contributed by atoms with van der Waals surface area (Å²) in [6, 6.07) is 3.58. The van der Waals surface area contributed by atoms with Gasteiger partial charge < -0.3 is 24.5 Å². The number of hydrogen-bond acceptors (Lipinski definition) is 7. The fourth-order valence-corrected chi connectivity index (χ4v) is 5.53. The van der Waals surface area contributed by atoms with E-state index in [1.165, 1.54) is 12.4 Å². The van der Waals surface area contributed by atoms with Crippen molar-refractivity contribution in [3.63, 3.8) is 0 Å². The number of halogens is 4. The minimum absolute atomic E-state index is 0.123. The Balaban J connectivity index is 1.32. The molecular formula is C26H31F4N5O3. The first kappa shape index (κ1) is 26.6. The summed E-state index contributed by atoms with van der Waals surface area (Å²) in [6.07, 6.45) is -1.54. The van der Waals surface area contributed by atoms with Crippen LogP contribution in [0.5, 0.6) is 5.75 Å². The lowest BCUT2D eigenvalue weighted by Gasteiger charge is -2.38. The zero-order valence-corrected chi connectivity index (χ0v) is 21.3. The first-order valence-corrected chi connectivity index (χ1v) is 12.8. The Labute approximate surface area is 218 Å². The number of ether oxygens (including phenoxy) is 1. The van der Waals surface area contributed by atoms with Crippen LogP contribution >= 0.6 is 0 Å². The maximum Gasteiger partial charge on any atom is 0.573 e. The summed E-state index contributed by atoms with van der Waals surface area (Å²) < 4.78 is 56.1. The molecule has 5 rings (SSSR count). The number of benzene rings is 1. The number of carbonyl (C=O) groups is 1. The predicted octanol–water partition coefficient (Wildman–Crippen LogP) is 3.58. The van der Waals surface area contributed by atoms with Crippen LogP contribution in [0, 0.1) is 5.82 Å². The summed E-state index contributed by atoms with van der Waals surface area (Å²) >= 11 is 0. The molecule has 3 aliphatic rings. The summed E-state index contributed by atoms with van der Waals surface area (Å²) in [6.45, 7) is 4.24. The molecule has 0 spiro atoms. The second-order valence-corrected chi connectivity index (χ2v) is 10.4. The average Bonchev–Trinajstić information content (AvgIpc) is 3.68. The number of aromatic nitrogens is 2. The van der Waals surface area contributed by atoms with E-state index in [-0.39, 0.29) is 11.8 Å². The van der Waals surface area contributed by atoms with E-state index in [1.807, 2.05) is 18.9 Å². The van der Waals surface area contributed by atoms with Crippen LogP contribution in [0.3, 0.4) is 0 Å². The topological polar surface area (TPSA) is 82.0 Å². The molecule has 2 heterocycles. The maximum absolute atomic E-state index is 14.6. The van der Waals surface area contributed by atoms with Gasteiger partial charge in [0.1, 0.15) is 12.1 Å². The van der Waals surface area contributed by atoms with Gasteiger partial charge in [-0.1, -0.05) is 13.0 Å². The molecular weight excluding hydrogens is 506 g/mol. The van der Waals surface area contributed by atoms with Gasteiger partial charge in [-0.25, -0.2) is 14.4 Å². The predicted molar refractivity (Wildman–Crippen MR) is 130 cm³/mol.